The highest BCUT2D eigenvalue weighted by Gasteiger charge is 2.37. The number of oxazole rings is 1. The van der Waals surface area contributed by atoms with Crippen molar-refractivity contribution in [2.75, 3.05) is 0 Å². The molecular weight excluding hydrogens is 198 g/mol. The van der Waals surface area contributed by atoms with Gasteiger partial charge in [0.25, 0.3) is 0 Å². The lowest BCUT2D eigenvalue weighted by Gasteiger charge is -2.23. The zero-order chi connectivity index (χ0) is 10.0. The molecule has 1 saturated carbocycles. The Morgan fingerprint density at radius 1 is 1.50 bits per heavy atom. The Morgan fingerprint density at radius 2 is 2.21 bits per heavy atom. The Labute approximate surface area is 89.7 Å². The van der Waals surface area contributed by atoms with Gasteiger partial charge in [-0.25, -0.2) is 4.98 Å². The van der Waals surface area contributed by atoms with Crippen molar-refractivity contribution in [3.8, 4) is 0 Å². The minimum atomic E-state index is 0.261. The normalized spacial score (nSPS) is 20.1. The van der Waals surface area contributed by atoms with Crippen LogP contribution >= 0.6 is 11.6 Å². The summed E-state index contributed by atoms with van der Waals surface area (Å²) in [4.78, 5) is 4.17. The molecule has 0 atom stereocenters. The van der Waals surface area contributed by atoms with Gasteiger partial charge in [0.2, 0.25) is 5.89 Å². The summed E-state index contributed by atoms with van der Waals surface area (Å²) in [5.41, 5.74) is 0.261. The topological polar surface area (TPSA) is 26.0 Å². The first-order valence-corrected chi connectivity index (χ1v) is 5.85. The molecule has 1 aliphatic carbocycles. The largest absolute Gasteiger partial charge is 0.444 e. The summed E-state index contributed by atoms with van der Waals surface area (Å²) < 4.78 is 5.67. The van der Waals surface area contributed by atoms with E-state index in [1.54, 1.807) is 0 Å². The van der Waals surface area contributed by atoms with Crippen molar-refractivity contribution < 1.29 is 4.42 Å². The van der Waals surface area contributed by atoms with Gasteiger partial charge < -0.3 is 4.42 Å². The fourth-order valence-corrected chi connectivity index (χ4v) is 2.57. The van der Waals surface area contributed by atoms with E-state index in [9.17, 15) is 0 Å². The number of rotatable bonds is 3. The zero-order valence-electron chi connectivity index (χ0n) is 8.55. The fourth-order valence-electron chi connectivity index (χ4n) is 2.44. The van der Waals surface area contributed by atoms with Crippen LogP contribution in [0.4, 0.5) is 0 Å². The standard InChI is InChI=1S/C11H16ClNO/c1-2-11(5-3-4-6-11)9-8-13-10(7-12)14-9/h8H,2-7H2,1H3. The average Bonchev–Trinajstić information content (AvgIpc) is 2.87. The number of halogens is 1. The first-order chi connectivity index (χ1) is 6.80. The van der Waals surface area contributed by atoms with Crippen LogP contribution in [0.2, 0.25) is 0 Å². The van der Waals surface area contributed by atoms with E-state index in [4.69, 9.17) is 16.0 Å². The van der Waals surface area contributed by atoms with Crippen LogP contribution in [0, 0.1) is 0 Å². The lowest BCUT2D eigenvalue weighted by Crippen LogP contribution is -2.19. The maximum atomic E-state index is 5.68. The smallest absolute Gasteiger partial charge is 0.209 e. The van der Waals surface area contributed by atoms with Crippen LogP contribution in [-0.2, 0) is 11.3 Å². The summed E-state index contributed by atoms with van der Waals surface area (Å²) in [6.07, 6.45) is 8.10. The molecule has 3 heteroatoms. The van der Waals surface area contributed by atoms with Gasteiger partial charge in [0.05, 0.1) is 12.1 Å². The van der Waals surface area contributed by atoms with Gasteiger partial charge in [-0.2, -0.15) is 0 Å². The van der Waals surface area contributed by atoms with Gasteiger partial charge >= 0.3 is 0 Å². The van der Waals surface area contributed by atoms with Crippen LogP contribution in [0.1, 0.15) is 50.7 Å². The average molecular weight is 214 g/mol. The minimum Gasteiger partial charge on any atom is -0.444 e. The SMILES string of the molecule is CCC1(c2cnc(CCl)o2)CCCC1. The van der Waals surface area contributed by atoms with E-state index in [-0.39, 0.29) is 5.41 Å². The molecule has 78 valence electrons. The van der Waals surface area contributed by atoms with Crippen molar-refractivity contribution in [3.63, 3.8) is 0 Å². The van der Waals surface area contributed by atoms with E-state index in [1.807, 2.05) is 6.20 Å². The number of hydrogen-bond donors (Lipinski definition) is 0. The molecule has 1 aliphatic rings. The number of aromatic nitrogens is 1. The van der Waals surface area contributed by atoms with Gasteiger partial charge in [-0.05, 0) is 19.3 Å². The summed E-state index contributed by atoms with van der Waals surface area (Å²) in [6, 6.07) is 0. The molecule has 1 heterocycles. The Balaban J connectivity index is 2.26. The summed E-state index contributed by atoms with van der Waals surface area (Å²) in [7, 11) is 0. The van der Waals surface area contributed by atoms with Crippen molar-refractivity contribution >= 4 is 11.6 Å². The molecule has 2 rings (SSSR count). The maximum Gasteiger partial charge on any atom is 0.209 e. The van der Waals surface area contributed by atoms with Crippen molar-refractivity contribution in [1.82, 2.24) is 4.98 Å². The lowest BCUT2D eigenvalue weighted by atomic mass is 9.81. The Kier molecular flexibility index (Phi) is 2.82. The van der Waals surface area contributed by atoms with Crippen LogP contribution in [0.3, 0.4) is 0 Å². The highest BCUT2D eigenvalue weighted by molar-refractivity contribution is 6.16. The van der Waals surface area contributed by atoms with E-state index in [2.05, 4.69) is 11.9 Å². The fraction of sp³-hybridized carbons (Fsp3) is 0.727. The molecule has 0 aromatic carbocycles. The molecule has 0 unspecified atom stereocenters. The molecule has 0 saturated heterocycles. The molecule has 0 aliphatic heterocycles. The van der Waals surface area contributed by atoms with Crippen molar-refractivity contribution in [3.05, 3.63) is 17.8 Å². The molecule has 0 bridgehead atoms. The molecule has 1 aromatic heterocycles. The van der Waals surface area contributed by atoms with E-state index in [0.717, 1.165) is 12.2 Å². The second-order valence-electron chi connectivity index (χ2n) is 4.09. The molecule has 0 amide bonds. The van der Waals surface area contributed by atoms with Crippen LogP contribution < -0.4 is 0 Å². The molecular formula is C11H16ClNO. The molecule has 0 N–H and O–H groups in total. The van der Waals surface area contributed by atoms with E-state index in [0.29, 0.717) is 11.8 Å². The third-order valence-electron chi connectivity index (χ3n) is 3.43. The van der Waals surface area contributed by atoms with Crippen molar-refractivity contribution in [2.24, 2.45) is 0 Å². The highest BCUT2D eigenvalue weighted by Crippen LogP contribution is 2.43. The first-order valence-electron chi connectivity index (χ1n) is 5.32. The van der Waals surface area contributed by atoms with Crippen molar-refractivity contribution in [1.29, 1.82) is 0 Å². The summed E-state index contributed by atoms with van der Waals surface area (Å²) in [6.45, 7) is 2.23. The Hall–Kier alpha value is -0.500. The molecule has 0 spiro atoms. The third-order valence-corrected chi connectivity index (χ3v) is 3.66. The number of nitrogens with zero attached hydrogens (tertiary/aromatic N) is 1. The van der Waals surface area contributed by atoms with E-state index < -0.39 is 0 Å². The summed E-state index contributed by atoms with van der Waals surface area (Å²) in [5, 5.41) is 0. The van der Waals surface area contributed by atoms with Crippen molar-refractivity contribution in [2.45, 2.75) is 50.3 Å². The van der Waals surface area contributed by atoms with Crippen LogP contribution in [0.25, 0.3) is 0 Å². The lowest BCUT2D eigenvalue weighted by molar-refractivity contribution is 0.320. The van der Waals surface area contributed by atoms with Crippen LogP contribution in [0.5, 0.6) is 0 Å². The maximum absolute atomic E-state index is 5.68. The second kappa shape index (κ2) is 3.93. The van der Waals surface area contributed by atoms with E-state index in [1.165, 1.54) is 25.7 Å². The highest BCUT2D eigenvalue weighted by atomic mass is 35.5. The molecule has 14 heavy (non-hydrogen) atoms. The molecule has 1 aromatic rings. The first kappa shape index (κ1) is 10.0. The minimum absolute atomic E-state index is 0.261. The van der Waals surface area contributed by atoms with Gasteiger partial charge in [-0.1, -0.05) is 19.8 Å². The number of alkyl halides is 1. The Morgan fingerprint density at radius 3 is 2.71 bits per heavy atom. The number of hydrogen-bond acceptors (Lipinski definition) is 2. The monoisotopic (exact) mass is 213 g/mol. The van der Waals surface area contributed by atoms with Gasteiger partial charge in [0.15, 0.2) is 0 Å². The zero-order valence-corrected chi connectivity index (χ0v) is 9.31. The third kappa shape index (κ3) is 1.56. The van der Waals surface area contributed by atoms with E-state index >= 15 is 0 Å². The molecule has 0 radical (unpaired) electrons. The quantitative estimate of drug-likeness (QED) is 0.717. The predicted molar refractivity (Wildman–Crippen MR) is 56.5 cm³/mol. The van der Waals surface area contributed by atoms with Gasteiger partial charge in [0.1, 0.15) is 5.76 Å². The van der Waals surface area contributed by atoms with Crippen LogP contribution in [0.15, 0.2) is 10.6 Å². The van der Waals surface area contributed by atoms with Gasteiger partial charge in [0, 0.05) is 5.41 Å². The molecule has 2 nitrogen and oxygen atoms in total. The molecule has 1 fully saturated rings. The summed E-state index contributed by atoms with van der Waals surface area (Å²) in [5.74, 6) is 2.08. The van der Waals surface area contributed by atoms with Gasteiger partial charge in [-0.15, -0.1) is 11.6 Å². The summed E-state index contributed by atoms with van der Waals surface area (Å²) >= 11 is 5.68. The second-order valence-corrected chi connectivity index (χ2v) is 4.36. The Bertz CT molecular complexity index is 302. The van der Waals surface area contributed by atoms with Gasteiger partial charge in [-0.3, -0.25) is 0 Å². The van der Waals surface area contributed by atoms with Crippen LogP contribution in [-0.4, -0.2) is 4.98 Å². The predicted octanol–water partition coefficient (Wildman–Crippen LogP) is 3.64.